The second-order valence-electron chi connectivity index (χ2n) is 9.58. The largest absolute Gasteiger partial charge is 0.396 e. The summed E-state index contributed by atoms with van der Waals surface area (Å²) in [4.78, 5) is 17.0. The zero-order chi connectivity index (χ0) is 17.1. The number of carbonyl (C=O) groups excluding carboxylic acids is 1. The number of rotatable bonds is 1. The third kappa shape index (κ3) is 2.12. The van der Waals surface area contributed by atoms with Crippen LogP contribution in [0.1, 0.15) is 65.2 Å². The SMILES string of the molecule is CN=C1CC[C@]2(C)C3CC[C@]4(C)C(=O)CCC4C3C[C@H](CO)[C@H]2C1. The zero-order valence-electron chi connectivity index (χ0n) is 15.6. The minimum absolute atomic E-state index is 0.0604. The van der Waals surface area contributed by atoms with Crippen molar-refractivity contribution in [3.63, 3.8) is 0 Å². The van der Waals surface area contributed by atoms with Gasteiger partial charge in [-0.2, -0.15) is 0 Å². The van der Waals surface area contributed by atoms with Gasteiger partial charge in [-0.25, -0.2) is 0 Å². The van der Waals surface area contributed by atoms with Gasteiger partial charge in [0.25, 0.3) is 0 Å². The van der Waals surface area contributed by atoms with E-state index in [9.17, 15) is 9.90 Å². The van der Waals surface area contributed by atoms with Gasteiger partial charge in [0.2, 0.25) is 0 Å². The Balaban J connectivity index is 1.69. The Bertz CT molecular complexity index is 570. The van der Waals surface area contributed by atoms with E-state index in [1.54, 1.807) is 0 Å². The van der Waals surface area contributed by atoms with Crippen LogP contribution < -0.4 is 0 Å². The molecule has 0 aromatic carbocycles. The summed E-state index contributed by atoms with van der Waals surface area (Å²) in [6.45, 7) is 5.05. The first kappa shape index (κ1) is 16.8. The maximum atomic E-state index is 12.5. The van der Waals surface area contributed by atoms with Crippen molar-refractivity contribution in [3.05, 3.63) is 0 Å². The molecule has 0 saturated heterocycles. The number of carbonyl (C=O) groups is 1. The van der Waals surface area contributed by atoms with E-state index in [4.69, 9.17) is 0 Å². The van der Waals surface area contributed by atoms with E-state index in [0.717, 1.165) is 44.4 Å². The second kappa shape index (κ2) is 5.65. The smallest absolute Gasteiger partial charge is 0.139 e. The number of hydrogen-bond donors (Lipinski definition) is 1. The van der Waals surface area contributed by atoms with Crippen molar-refractivity contribution >= 4 is 11.5 Å². The van der Waals surface area contributed by atoms with E-state index in [-0.39, 0.29) is 5.41 Å². The molecule has 4 aliphatic carbocycles. The highest BCUT2D eigenvalue weighted by molar-refractivity contribution is 5.87. The fourth-order valence-corrected chi connectivity index (χ4v) is 7.48. The molecule has 24 heavy (non-hydrogen) atoms. The molecule has 3 unspecified atom stereocenters. The number of aliphatic imine (C=N–C) groups is 1. The third-order valence-electron chi connectivity index (χ3n) is 8.94. The van der Waals surface area contributed by atoms with E-state index in [1.807, 2.05) is 7.05 Å². The highest BCUT2D eigenvalue weighted by atomic mass is 16.3. The van der Waals surface area contributed by atoms with Crippen LogP contribution in [0.3, 0.4) is 0 Å². The van der Waals surface area contributed by atoms with Crippen molar-refractivity contribution in [1.29, 1.82) is 0 Å². The maximum absolute atomic E-state index is 12.5. The number of Topliss-reactive ketones (excluding diaryl/α,β-unsaturated/α-hetero) is 1. The number of fused-ring (bicyclic) bond motifs is 5. The minimum atomic E-state index is -0.0604. The molecule has 4 aliphatic rings. The quantitative estimate of drug-likeness (QED) is 0.792. The van der Waals surface area contributed by atoms with Gasteiger partial charge in [-0.3, -0.25) is 9.79 Å². The minimum Gasteiger partial charge on any atom is -0.396 e. The Labute approximate surface area is 146 Å². The van der Waals surface area contributed by atoms with E-state index in [1.165, 1.54) is 18.6 Å². The summed E-state index contributed by atoms with van der Waals surface area (Å²) in [6, 6.07) is 0. The van der Waals surface area contributed by atoms with Crippen LogP contribution in [0.2, 0.25) is 0 Å². The maximum Gasteiger partial charge on any atom is 0.139 e. The first-order chi connectivity index (χ1) is 11.4. The molecule has 3 heteroatoms. The van der Waals surface area contributed by atoms with Gasteiger partial charge in [0, 0.05) is 31.2 Å². The summed E-state index contributed by atoms with van der Waals surface area (Å²) in [6.07, 6.45) is 8.77. The van der Waals surface area contributed by atoms with Gasteiger partial charge in [0.1, 0.15) is 5.78 Å². The molecular weight excluding hydrogens is 298 g/mol. The van der Waals surface area contributed by atoms with Crippen LogP contribution in [-0.2, 0) is 4.79 Å². The van der Waals surface area contributed by atoms with Crippen molar-refractivity contribution in [3.8, 4) is 0 Å². The van der Waals surface area contributed by atoms with Crippen LogP contribution in [0.15, 0.2) is 4.99 Å². The standard InChI is InChI=1S/C21H33NO2/c1-20-8-6-14(22-3)11-18(20)13(12-23)10-15-16-4-5-19(24)21(16,2)9-7-17(15)20/h13,15-18,23H,4-12H2,1-3H3/t13-,15?,16?,17?,18-,20-,21+/m1/s1. The fraction of sp³-hybridized carbons (Fsp3) is 0.905. The lowest BCUT2D eigenvalue weighted by Gasteiger charge is -2.61. The second-order valence-corrected chi connectivity index (χ2v) is 9.58. The first-order valence-electron chi connectivity index (χ1n) is 10.0. The molecule has 1 N–H and O–H groups in total. The molecule has 4 rings (SSSR count). The van der Waals surface area contributed by atoms with E-state index >= 15 is 0 Å². The van der Waals surface area contributed by atoms with Gasteiger partial charge in [0.15, 0.2) is 0 Å². The van der Waals surface area contributed by atoms with Crippen LogP contribution in [-0.4, -0.2) is 30.3 Å². The number of ketones is 1. The molecule has 0 heterocycles. The topological polar surface area (TPSA) is 49.7 Å². The lowest BCUT2D eigenvalue weighted by molar-refractivity contribution is -0.144. The molecular formula is C21H33NO2. The van der Waals surface area contributed by atoms with Crippen LogP contribution in [0.4, 0.5) is 0 Å². The van der Waals surface area contributed by atoms with Gasteiger partial charge in [-0.05, 0) is 80.0 Å². The summed E-state index contributed by atoms with van der Waals surface area (Å²) in [5.41, 5.74) is 1.62. The molecule has 134 valence electrons. The molecule has 4 saturated carbocycles. The summed E-state index contributed by atoms with van der Waals surface area (Å²) >= 11 is 0. The Morgan fingerprint density at radius 1 is 1.12 bits per heavy atom. The van der Waals surface area contributed by atoms with E-state index in [2.05, 4.69) is 18.8 Å². The van der Waals surface area contributed by atoms with Gasteiger partial charge in [0.05, 0.1) is 0 Å². The number of nitrogens with zero attached hydrogens (tertiary/aromatic N) is 1. The average molecular weight is 332 g/mol. The molecule has 7 atom stereocenters. The van der Waals surface area contributed by atoms with Crippen LogP contribution in [0.25, 0.3) is 0 Å². The number of hydrogen-bond acceptors (Lipinski definition) is 3. The lowest BCUT2D eigenvalue weighted by Crippen LogP contribution is -2.56. The molecule has 0 aromatic heterocycles. The Hall–Kier alpha value is -0.700. The van der Waals surface area contributed by atoms with Crippen molar-refractivity contribution in [2.75, 3.05) is 13.7 Å². The van der Waals surface area contributed by atoms with Gasteiger partial charge < -0.3 is 5.11 Å². The Morgan fingerprint density at radius 2 is 1.92 bits per heavy atom. The van der Waals surface area contributed by atoms with Crippen molar-refractivity contribution < 1.29 is 9.90 Å². The summed E-state index contributed by atoms with van der Waals surface area (Å²) in [5, 5.41) is 10.1. The Morgan fingerprint density at radius 3 is 2.62 bits per heavy atom. The molecule has 3 nitrogen and oxygen atoms in total. The average Bonchev–Trinajstić information content (AvgIpc) is 2.89. The predicted octanol–water partition coefficient (Wildman–Crippen LogP) is 3.89. The number of aliphatic hydroxyl groups excluding tert-OH is 1. The van der Waals surface area contributed by atoms with Gasteiger partial charge in [-0.1, -0.05) is 13.8 Å². The summed E-state index contributed by atoms with van der Waals surface area (Å²) in [5.74, 6) is 3.45. The molecule has 0 bridgehead atoms. The fourth-order valence-electron chi connectivity index (χ4n) is 7.48. The molecule has 0 aromatic rings. The molecule has 0 spiro atoms. The predicted molar refractivity (Wildman–Crippen MR) is 96.1 cm³/mol. The van der Waals surface area contributed by atoms with Crippen LogP contribution in [0, 0.1) is 40.4 Å². The summed E-state index contributed by atoms with van der Waals surface area (Å²) in [7, 11) is 1.92. The molecule has 0 amide bonds. The number of aliphatic hydroxyl groups is 1. The lowest BCUT2D eigenvalue weighted by atomic mass is 9.43. The van der Waals surface area contributed by atoms with E-state index in [0.29, 0.717) is 41.5 Å². The molecule has 4 fully saturated rings. The Kier molecular flexibility index (Phi) is 3.95. The van der Waals surface area contributed by atoms with Crippen molar-refractivity contribution in [2.45, 2.75) is 65.2 Å². The highest BCUT2D eigenvalue weighted by Gasteiger charge is 2.61. The van der Waals surface area contributed by atoms with Gasteiger partial charge >= 0.3 is 0 Å². The third-order valence-corrected chi connectivity index (χ3v) is 8.94. The van der Waals surface area contributed by atoms with Crippen molar-refractivity contribution in [2.24, 2.45) is 45.4 Å². The van der Waals surface area contributed by atoms with Crippen LogP contribution >= 0.6 is 0 Å². The molecule has 0 radical (unpaired) electrons. The monoisotopic (exact) mass is 331 g/mol. The van der Waals surface area contributed by atoms with Crippen LogP contribution in [0.5, 0.6) is 0 Å². The van der Waals surface area contributed by atoms with E-state index < -0.39 is 0 Å². The zero-order valence-corrected chi connectivity index (χ0v) is 15.6. The normalized spacial score (nSPS) is 52.8. The van der Waals surface area contributed by atoms with Gasteiger partial charge in [-0.15, -0.1) is 0 Å². The highest BCUT2D eigenvalue weighted by Crippen LogP contribution is 2.66. The first-order valence-corrected chi connectivity index (χ1v) is 10.0. The van der Waals surface area contributed by atoms with Crippen molar-refractivity contribution in [1.82, 2.24) is 0 Å². The molecule has 0 aliphatic heterocycles. The summed E-state index contributed by atoms with van der Waals surface area (Å²) < 4.78 is 0.